The number of hydrogen-bond donors (Lipinski definition) is 2. The van der Waals surface area contributed by atoms with Gasteiger partial charge in [0, 0.05) is 10.7 Å². The van der Waals surface area contributed by atoms with E-state index in [9.17, 15) is 19.8 Å². The number of carbonyl (C=O) groups excluding carboxylic acids is 2. The highest BCUT2D eigenvalue weighted by molar-refractivity contribution is 6.52. The minimum absolute atomic E-state index is 0.0870. The number of ketones is 1. The zero-order valence-corrected chi connectivity index (χ0v) is 23.6. The summed E-state index contributed by atoms with van der Waals surface area (Å²) in [5, 5.41) is 22.5. The number of methoxy groups -OCH3 is 1. The van der Waals surface area contributed by atoms with Gasteiger partial charge in [-0.2, -0.15) is 0 Å². The Morgan fingerprint density at radius 3 is 2.38 bits per heavy atom. The van der Waals surface area contributed by atoms with Crippen molar-refractivity contribution >= 4 is 34.7 Å². The molecule has 4 rings (SSSR count). The zero-order valence-electron chi connectivity index (χ0n) is 22.8. The number of anilines is 1. The smallest absolute Gasteiger partial charge is 0.300 e. The molecule has 1 saturated heterocycles. The molecular formula is C31H32ClNO6. The quantitative estimate of drug-likeness (QED) is 0.202. The Hall–Kier alpha value is -3.97. The van der Waals surface area contributed by atoms with Crippen molar-refractivity contribution in [1.29, 1.82) is 0 Å². The standard InChI is InChI=1S/C31H32ClNO6/c1-7-39-25-14-18(9-12-23(25)34)27-26(28(35)21-15-19(31(3,4)5)10-13-24(21)38-6)29(36)30(37)33(27)22-16-20(32)11-8-17(22)2/h8-16,27,34-35H,7H2,1-6H3/b28-26+. The highest BCUT2D eigenvalue weighted by Gasteiger charge is 2.48. The summed E-state index contributed by atoms with van der Waals surface area (Å²) < 4.78 is 11.1. The van der Waals surface area contributed by atoms with Crippen molar-refractivity contribution < 1.29 is 29.3 Å². The molecule has 1 unspecified atom stereocenters. The second-order valence-electron chi connectivity index (χ2n) is 10.4. The topological polar surface area (TPSA) is 96.3 Å². The molecule has 7 nitrogen and oxygen atoms in total. The molecule has 1 aliphatic rings. The predicted molar refractivity (Wildman–Crippen MR) is 152 cm³/mol. The first-order valence-corrected chi connectivity index (χ1v) is 13.0. The van der Waals surface area contributed by atoms with Crippen LogP contribution < -0.4 is 14.4 Å². The van der Waals surface area contributed by atoms with Gasteiger partial charge < -0.3 is 19.7 Å². The van der Waals surface area contributed by atoms with Crippen LogP contribution in [0.2, 0.25) is 5.02 Å². The Labute approximate surface area is 233 Å². The number of rotatable bonds is 6. The van der Waals surface area contributed by atoms with Crippen LogP contribution in [-0.2, 0) is 15.0 Å². The van der Waals surface area contributed by atoms with Crippen LogP contribution in [0.4, 0.5) is 5.69 Å². The molecule has 0 radical (unpaired) electrons. The summed E-state index contributed by atoms with van der Waals surface area (Å²) in [5.41, 5.74) is 2.43. The summed E-state index contributed by atoms with van der Waals surface area (Å²) in [6.45, 7) is 9.98. The van der Waals surface area contributed by atoms with Gasteiger partial charge in [-0.3, -0.25) is 14.5 Å². The third-order valence-electron chi connectivity index (χ3n) is 6.80. The molecular weight excluding hydrogens is 518 g/mol. The normalized spacial score (nSPS) is 17.0. The van der Waals surface area contributed by atoms with Crippen LogP contribution in [0.25, 0.3) is 5.76 Å². The van der Waals surface area contributed by atoms with Crippen molar-refractivity contribution in [2.24, 2.45) is 0 Å². The maximum atomic E-state index is 13.7. The van der Waals surface area contributed by atoms with Gasteiger partial charge in [-0.05, 0) is 72.4 Å². The van der Waals surface area contributed by atoms with Crippen molar-refractivity contribution in [3.05, 3.63) is 87.4 Å². The van der Waals surface area contributed by atoms with Crippen molar-refractivity contribution in [1.82, 2.24) is 0 Å². The Kier molecular flexibility index (Phi) is 7.66. The van der Waals surface area contributed by atoms with Gasteiger partial charge in [-0.25, -0.2) is 0 Å². The third-order valence-corrected chi connectivity index (χ3v) is 7.03. The number of ether oxygens (including phenoxy) is 2. The second-order valence-corrected chi connectivity index (χ2v) is 10.9. The van der Waals surface area contributed by atoms with E-state index in [2.05, 4.69) is 0 Å². The molecule has 1 heterocycles. The minimum atomic E-state index is -1.04. The molecule has 3 aromatic rings. The van der Waals surface area contributed by atoms with Crippen LogP contribution in [0.1, 0.15) is 56.0 Å². The first-order chi connectivity index (χ1) is 18.4. The molecule has 1 amide bonds. The molecule has 8 heteroatoms. The number of aliphatic hydroxyl groups excluding tert-OH is 1. The molecule has 2 N–H and O–H groups in total. The van der Waals surface area contributed by atoms with Gasteiger partial charge in [0.25, 0.3) is 11.7 Å². The van der Waals surface area contributed by atoms with Crippen molar-refractivity contribution in [3.8, 4) is 17.2 Å². The van der Waals surface area contributed by atoms with Gasteiger partial charge in [-0.15, -0.1) is 0 Å². The molecule has 1 atom stereocenters. The number of carbonyl (C=O) groups is 2. The number of phenolic OH excluding ortho intramolecular Hbond substituents is 1. The number of benzene rings is 3. The van der Waals surface area contributed by atoms with Crippen molar-refractivity contribution in [2.45, 2.75) is 46.1 Å². The van der Waals surface area contributed by atoms with Crippen LogP contribution >= 0.6 is 11.6 Å². The largest absolute Gasteiger partial charge is 0.507 e. The lowest BCUT2D eigenvalue weighted by Gasteiger charge is -2.27. The van der Waals surface area contributed by atoms with Crippen LogP contribution in [0.15, 0.2) is 60.2 Å². The van der Waals surface area contributed by atoms with E-state index in [4.69, 9.17) is 21.1 Å². The van der Waals surface area contributed by atoms with E-state index in [0.717, 1.165) is 5.56 Å². The lowest BCUT2D eigenvalue weighted by molar-refractivity contribution is -0.132. The molecule has 0 aliphatic carbocycles. The Morgan fingerprint density at radius 1 is 1.03 bits per heavy atom. The molecule has 0 aromatic heterocycles. The number of Topliss-reactive ketones (excluding diaryl/α,β-unsaturated/α-hetero) is 1. The van der Waals surface area contributed by atoms with Gasteiger partial charge >= 0.3 is 0 Å². The minimum Gasteiger partial charge on any atom is -0.507 e. The van der Waals surface area contributed by atoms with Gasteiger partial charge in [-0.1, -0.05) is 50.6 Å². The summed E-state index contributed by atoms with van der Waals surface area (Å²) in [7, 11) is 1.47. The van der Waals surface area contributed by atoms with E-state index >= 15 is 0 Å². The molecule has 0 bridgehead atoms. The van der Waals surface area contributed by atoms with Crippen molar-refractivity contribution in [2.75, 3.05) is 18.6 Å². The highest BCUT2D eigenvalue weighted by Crippen LogP contribution is 2.46. The van der Waals surface area contributed by atoms with E-state index < -0.39 is 17.7 Å². The Morgan fingerprint density at radius 2 is 1.74 bits per heavy atom. The fourth-order valence-electron chi connectivity index (χ4n) is 4.72. The number of halogens is 1. The van der Waals surface area contributed by atoms with Crippen molar-refractivity contribution in [3.63, 3.8) is 0 Å². The third kappa shape index (κ3) is 5.19. The van der Waals surface area contributed by atoms with Crippen LogP contribution in [0.5, 0.6) is 17.2 Å². The fourth-order valence-corrected chi connectivity index (χ4v) is 4.88. The predicted octanol–water partition coefficient (Wildman–Crippen LogP) is 6.69. The van der Waals surface area contributed by atoms with Gasteiger partial charge in [0.2, 0.25) is 0 Å². The highest BCUT2D eigenvalue weighted by atomic mass is 35.5. The summed E-state index contributed by atoms with van der Waals surface area (Å²) >= 11 is 6.30. The molecule has 204 valence electrons. The fraction of sp³-hybridized carbons (Fsp3) is 0.290. The molecule has 1 fully saturated rings. The number of aromatic hydroxyl groups is 1. The first kappa shape index (κ1) is 28.0. The van der Waals surface area contributed by atoms with E-state index in [-0.39, 0.29) is 28.2 Å². The summed E-state index contributed by atoms with van der Waals surface area (Å²) in [6, 6.07) is 14.0. The summed E-state index contributed by atoms with van der Waals surface area (Å²) in [4.78, 5) is 28.6. The zero-order chi connectivity index (χ0) is 28.6. The van der Waals surface area contributed by atoms with E-state index in [1.165, 1.54) is 18.1 Å². The average molecular weight is 550 g/mol. The number of amides is 1. The maximum Gasteiger partial charge on any atom is 0.300 e. The van der Waals surface area contributed by atoms with Crippen LogP contribution in [0.3, 0.4) is 0 Å². The number of hydrogen-bond acceptors (Lipinski definition) is 6. The second kappa shape index (κ2) is 10.7. The lowest BCUT2D eigenvalue weighted by Crippen LogP contribution is -2.30. The van der Waals surface area contributed by atoms with Gasteiger partial charge in [0.05, 0.1) is 30.9 Å². The molecule has 0 saturated carbocycles. The van der Waals surface area contributed by atoms with E-state index in [0.29, 0.717) is 39.8 Å². The summed E-state index contributed by atoms with van der Waals surface area (Å²) in [6.07, 6.45) is 0. The summed E-state index contributed by atoms with van der Waals surface area (Å²) in [5.74, 6) is -1.58. The number of nitrogens with zero attached hydrogens (tertiary/aromatic N) is 1. The molecule has 1 aliphatic heterocycles. The van der Waals surface area contributed by atoms with Crippen LogP contribution in [-0.4, -0.2) is 35.6 Å². The number of phenols is 1. The van der Waals surface area contributed by atoms with E-state index in [1.807, 2.05) is 26.8 Å². The van der Waals surface area contributed by atoms with E-state index in [1.54, 1.807) is 56.3 Å². The molecule has 3 aromatic carbocycles. The lowest BCUT2D eigenvalue weighted by atomic mass is 9.85. The first-order valence-electron chi connectivity index (χ1n) is 12.6. The Bertz CT molecular complexity index is 1490. The molecule has 0 spiro atoms. The number of aryl methyl sites for hydroxylation is 1. The monoisotopic (exact) mass is 549 g/mol. The van der Waals surface area contributed by atoms with Gasteiger partial charge in [0.1, 0.15) is 11.5 Å². The Balaban J connectivity index is 2.05. The molecule has 39 heavy (non-hydrogen) atoms. The average Bonchev–Trinajstić information content (AvgIpc) is 3.15. The van der Waals surface area contributed by atoms with Gasteiger partial charge in [0.15, 0.2) is 11.5 Å². The maximum absolute atomic E-state index is 13.7. The van der Waals surface area contributed by atoms with Crippen LogP contribution in [0, 0.1) is 6.92 Å². The SMILES string of the molecule is CCOc1cc(C2/C(=C(\O)c3cc(C(C)(C)C)ccc3OC)C(=O)C(=O)N2c2cc(Cl)ccc2C)ccc1O. The number of aliphatic hydroxyl groups is 1.